The highest BCUT2D eigenvalue weighted by atomic mass is 16.5. The van der Waals surface area contributed by atoms with Crippen molar-refractivity contribution in [3.8, 4) is 22.9 Å². The van der Waals surface area contributed by atoms with Gasteiger partial charge in [-0.15, -0.1) is 0 Å². The zero-order valence-corrected chi connectivity index (χ0v) is 12.2. The normalized spacial score (nSPS) is 10.6. The van der Waals surface area contributed by atoms with E-state index in [-0.39, 0.29) is 0 Å². The molecule has 2 rings (SSSR count). The third-order valence-electron chi connectivity index (χ3n) is 3.07. The Labute approximate surface area is 119 Å². The van der Waals surface area contributed by atoms with Crippen LogP contribution in [-0.4, -0.2) is 30.7 Å². The first-order chi connectivity index (χ1) is 9.80. The average Bonchev–Trinajstić information content (AvgIpc) is 3.00. The number of hydrogen-bond acceptors (Lipinski definition) is 4. The van der Waals surface area contributed by atoms with Crippen LogP contribution in [0.5, 0.6) is 11.5 Å². The Balaban J connectivity index is 2.38. The highest BCUT2D eigenvalue weighted by Gasteiger charge is 2.14. The van der Waals surface area contributed by atoms with Crippen LogP contribution >= 0.6 is 0 Å². The SMILES string of the molecule is CCCNCc1cc(-c2ncc[nH]2)cc(OC)c1OC. The molecule has 20 heavy (non-hydrogen) atoms. The van der Waals surface area contributed by atoms with E-state index in [0.29, 0.717) is 0 Å². The summed E-state index contributed by atoms with van der Waals surface area (Å²) in [6, 6.07) is 4.00. The van der Waals surface area contributed by atoms with Gasteiger partial charge in [0.1, 0.15) is 5.82 Å². The number of hydrogen-bond donors (Lipinski definition) is 2. The van der Waals surface area contributed by atoms with Crippen LogP contribution in [0.3, 0.4) is 0 Å². The lowest BCUT2D eigenvalue weighted by Crippen LogP contribution is -2.14. The molecule has 0 radical (unpaired) electrons. The second kappa shape index (κ2) is 6.96. The van der Waals surface area contributed by atoms with Gasteiger partial charge in [0.25, 0.3) is 0 Å². The molecule has 0 saturated heterocycles. The molecule has 0 aliphatic rings. The predicted octanol–water partition coefficient (Wildman–Crippen LogP) is 2.59. The van der Waals surface area contributed by atoms with Gasteiger partial charge in [-0.2, -0.15) is 0 Å². The van der Waals surface area contributed by atoms with Crippen molar-refractivity contribution in [2.24, 2.45) is 0 Å². The van der Waals surface area contributed by atoms with Crippen molar-refractivity contribution < 1.29 is 9.47 Å². The maximum absolute atomic E-state index is 5.47. The Morgan fingerprint density at radius 3 is 2.70 bits per heavy atom. The molecule has 5 heteroatoms. The number of methoxy groups -OCH3 is 2. The molecular formula is C15H21N3O2. The summed E-state index contributed by atoms with van der Waals surface area (Å²) in [5.74, 6) is 2.31. The highest BCUT2D eigenvalue weighted by Crippen LogP contribution is 2.35. The minimum absolute atomic E-state index is 0.717. The summed E-state index contributed by atoms with van der Waals surface area (Å²) in [6.45, 7) is 3.85. The molecule has 0 aliphatic carbocycles. The van der Waals surface area contributed by atoms with Gasteiger partial charge in [-0.1, -0.05) is 6.92 Å². The summed E-state index contributed by atoms with van der Waals surface area (Å²) < 4.78 is 10.9. The number of ether oxygens (including phenoxy) is 2. The number of imidazole rings is 1. The molecule has 0 spiro atoms. The highest BCUT2D eigenvalue weighted by molar-refractivity contribution is 5.64. The second-order valence-electron chi connectivity index (χ2n) is 4.49. The molecule has 0 unspecified atom stereocenters. The Morgan fingerprint density at radius 2 is 2.10 bits per heavy atom. The number of H-pyrrole nitrogens is 1. The van der Waals surface area contributed by atoms with Crippen molar-refractivity contribution in [2.75, 3.05) is 20.8 Å². The van der Waals surface area contributed by atoms with E-state index in [9.17, 15) is 0 Å². The van der Waals surface area contributed by atoms with E-state index in [1.54, 1.807) is 26.6 Å². The lowest BCUT2D eigenvalue weighted by Gasteiger charge is -2.15. The monoisotopic (exact) mass is 275 g/mol. The van der Waals surface area contributed by atoms with Gasteiger partial charge in [0, 0.05) is 30.1 Å². The van der Waals surface area contributed by atoms with Crippen molar-refractivity contribution >= 4 is 0 Å². The van der Waals surface area contributed by atoms with Gasteiger partial charge < -0.3 is 19.8 Å². The molecule has 0 fully saturated rings. The predicted molar refractivity (Wildman–Crippen MR) is 79.1 cm³/mol. The average molecular weight is 275 g/mol. The van der Waals surface area contributed by atoms with Gasteiger partial charge in [-0.05, 0) is 25.1 Å². The molecule has 1 aromatic carbocycles. The molecule has 0 bridgehead atoms. The van der Waals surface area contributed by atoms with Gasteiger partial charge in [-0.3, -0.25) is 0 Å². The van der Waals surface area contributed by atoms with Crippen LogP contribution in [0.25, 0.3) is 11.4 Å². The summed E-state index contributed by atoms with van der Waals surface area (Å²) in [6.07, 6.45) is 4.64. The summed E-state index contributed by atoms with van der Waals surface area (Å²) in [5, 5.41) is 3.38. The largest absolute Gasteiger partial charge is 0.493 e. The van der Waals surface area contributed by atoms with E-state index < -0.39 is 0 Å². The van der Waals surface area contributed by atoms with Crippen LogP contribution in [0.1, 0.15) is 18.9 Å². The number of rotatable bonds is 7. The first-order valence-electron chi connectivity index (χ1n) is 6.75. The zero-order chi connectivity index (χ0) is 14.4. The first kappa shape index (κ1) is 14.4. The van der Waals surface area contributed by atoms with E-state index in [0.717, 1.165) is 48.0 Å². The van der Waals surface area contributed by atoms with Crippen LogP contribution in [0.4, 0.5) is 0 Å². The van der Waals surface area contributed by atoms with Crippen LogP contribution in [0.2, 0.25) is 0 Å². The maximum Gasteiger partial charge on any atom is 0.165 e. The van der Waals surface area contributed by atoms with Crippen LogP contribution in [-0.2, 0) is 6.54 Å². The number of aromatic amines is 1. The molecule has 5 nitrogen and oxygen atoms in total. The smallest absolute Gasteiger partial charge is 0.165 e. The van der Waals surface area contributed by atoms with Crippen molar-refractivity contribution in [3.05, 3.63) is 30.1 Å². The van der Waals surface area contributed by atoms with Gasteiger partial charge in [0.05, 0.1) is 14.2 Å². The first-order valence-corrected chi connectivity index (χ1v) is 6.75. The minimum atomic E-state index is 0.717. The standard InChI is InChI=1S/C15H21N3O2/c1-4-5-16-10-12-8-11(15-17-6-7-18-15)9-13(19-2)14(12)20-3/h6-9,16H,4-5,10H2,1-3H3,(H,17,18). The summed E-state index contributed by atoms with van der Waals surface area (Å²) in [7, 11) is 3.31. The fraction of sp³-hybridized carbons (Fsp3) is 0.400. The fourth-order valence-corrected chi connectivity index (χ4v) is 2.13. The molecule has 0 atom stereocenters. The van der Waals surface area contributed by atoms with E-state index in [1.807, 2.05) is 6.07 Å². The lowest BCUT2D eigenvalue weighted by atomic mass is 10.1. The number of benzene rings is 1. The molecule has 1 aromatic heterocycles. The maximum atomic E-state index is 5.47. The van der Waals surface area contributed by atoms with Crippen molar-refractivity contribution in [1.82, 2.24) is 15.3 Å². The van der Waals surface area contributed by atoms with Crippen LogP contribution in [0.15, 0.2) is 24.5 Å². The Kier molecular flexibility index (Phi) is 5.01. The van der Waals surface area contributed by atoms with Crippen molar-refractivity contribution in [1.29, 1.82) is 0 Å². The molecule has 0 aliphatic heterocycles. The quantitative estimate of drug-likeness (QED) is 0.763. The van der Waals surface area contributed by atoms with E-state index in [2.05, 4.69) is 28.3 Å². The number of aromatic nitrogens is 2. The summed E-state index contributed by atoms with van der Waals surface area (Å²) in [4.78, 5) is 7.39. The zero-order valence-electron chi connectivity index (χ0n) is 12.2. The van der Waals surface area contributed by atoms with Gasteiger partial charge >= 0.3 is 0 Å². The molecule has 0 saturated carbocycles. The minimum Gasteiger partial charge on any atom is -0.493 e. The third kappa shape index (κ3) is 3.11. The molecule has 2 aromatic rings. The van der Waals surface area contributed by atoms with E-state index in [1.165, 1.54) is 0 Å². The Bertz CT molecular complexity index is 538. The summed E-state index contributed by atoms with van der Waals surface area (Å²) >= 11 is 0. The van der Waals surface area contributed by atoms with Crippen LogP contribution < -0.4 is 14.8 Å². The molecule has 2 N–H and O–H groups in total. The van der Waals surface area contributed by atoms with E-state index in [4.69, 9.17) is 9.47 Å². The van der Waals surface area contributed by atoms with E-state index >= 15 is 0 Å². The fourth-order valence-electron chi connectivity index (χ4n) is 2.13. The van der Waals surface area contributed by atoms with Gasteiger partial charge in [0.15, 0.2) is 11.5 Å². The van der Waals surface area contributed by atoms with Gasteiger partial charge in [-0.25, -0.2) is 4.98 Å². The second-order valence-corrected chi connectivity index (χ2v) is 4.49. The van der Waals surface area contributed by atoms with Crippen molar-refractivity contribution in [3.63, 3.8) is 0 Å². The lowest BCUT2D eigenvalue weighted by molar-refractivity contribution is 0.351. The topological polar surface area (TPSA) is 59.2 Å². The molecular weight excluding hydrogens is 254 g/mol. The number of nitrogens with one attached hydrogen (secondary N) is 2. The molecule has 1 heterocycles. The Hall–Kier alpha value is -2.01. The molecule has 108 valence electrons. The van der Waals surface area contributed by atoms with Gasteiger partial charge in [0.2, 0.25) is 0 Å². The summed E-state index contributed by atoms with van der Waals surface area (Å²) in [5.41, 5.74) is 2.05. The third-order valence-corrected chi connectivity index (χ3v) is 3.07. The van der Waals surface area contributed by atoms with Crippen LogP contribution in [0, 0.1) is 0 Å². The van der Waals surface area contributed by atoms with Crippen molar-refractivity contribution in [2.45, 2.75) is 19.9 Å². The number of nitrogens with zero attached hydrogens (tertiary/aromatic N) is 1. The Morgan fingerprint density at radius 1 is 1.25 bits per heavy atom. The molecule has 0 amide bonds.